The van der Waals surface area contributed by atoms with Crippen LogP contribution in [-0.4, -0.2) is 37.5 Å². The highest BCUT2D eigenvalue weighted by atomic mass is 32.2. The predicted molar refractivity (Wildman–Crippen MR) is 117 cm³/mol. The van der Waals surface area contributed by atoms with Crippen LogP contribution < -0.4 is 10.3 Å². The predicted octanol–water partition coefficient (Wildman–Crippen LogP) is 3.39. The molecule has 1 saturated heterocycles. The van der Waals surface area contributed by atoms with Crippen molar-refractivity contribution in [1.29, 1.82) is 0 Å². The molecule has 0 amide bonds. The molecule has 2 bridgehead atoms. The smallest absolute Gasteiger partial charge is 0.250 e. The Bertz CT molecular complexity index is 1230. The third-order valence-electron chi connectivity index (χ3n) is 6.04. The number of ether oxygens (including phenoxy) is 1. The molecule has 2 aliphatic rings. The van der Waals surface area contributed by atoms with E-state index in [9.17, 15) is 13.2 Å². The molecule has 0 aliphatic carbocycles. The van der Waals surface area contributed by atoms with E-state index in [1.54, 1.807) is 53.1 Å². The summed E-state index contributed by atoms with van der Waals surface area (Å²) < 4.78 is 35.3. The Balaban J connectivity index is 1.54. The Hall–Kier alpha value is -2.42. The van der Waals surface area contributed by atoms with Gasteiger partial charge in [-0.2, -0.15) is 4.31 Å². The van der Waals surface area contributed by atoms with Crippen LogP contribution in [-0.2, 0) is 16.6 Å². The average molecular weight is 443 g/mol. The molecule has 8 heteroatoms. The number of rotatable bonds is 4. The Morgan fingerprint density at radius 1 is 1.03 bits per heavy atom. The van der Waals surface area contributed by atoms with E-state index in [1.807, 2.05) is 28.1 Å². The lowest BCUT2D eigenvalue weighted by Crippen LogP contribution is -2.49. The number of sulfonamides is 1. The zero-order valence-electron chi connectivity index (χ0n) is 16.5. The second-order valence-electron chi connectivity index (χ2n) is 7.85. The maximum absolute atomic E-state index is 13.3. The maximum Gasteiger partial charge on any atom is 0.250 e. The summed E-state index contributed by atoms with van der Waals surface area (Å²) in [4.78, 5) is 14.0. The number of benzene rings is 1. The highest BCUT2D eigenvalue weighted by Crippen LogP contribution is 2.42. The van der Waals surface area contributed by atoms with Gasteiger partial charge in [-0.15, -0.1) is 11.3 Å². The van der Waals surface area contributed by atoms with E-state index in [0.29, 0.717) is 25.4 Å². The largest absolute Gasteiger partial charge is 0.497 e. The van der Waals surface area contributed by atoms with E-state index >= 15 is 0 Å². The minimum absolute atomic E-state index is 0.00322. The monoisotopic (exact) mass is 442 g/mol. The zero-order valence-corrected chi connectivity index (χ0v) is 18.2. The van der Waals surface area contributed by atoms with Gasteiger partial charge in [-0.3, -0.25) is 4.79 Å². The lowest BCUT2D eigenvalue weighted by Gasteiger charge is -2.42. The van der Waals surface area contributed by atoms with Gasteiger partial charge in [0, 0.05) is 47.8 Å². The van der Waals surface area contributed by atoms with Crippen molar-refractivity contribution >= 4 is 21.4 Å². The van der Waals surface area contributed by atoms with Crippen molar-refractivity contribution in [3.05, 3.63) is 70.0 Å². The number of piperidine rings is 1. The molecule has 2 aromatic heterocycles. The maximum atomic E-state index is 13.3. The van der Waals surface area contributed by atoms with Crippen molar-refractivity contribution in [3.63, 3.8) is 0 Å². The van der Waals surface area contributed by atoms with E-state index in [4.69, 9.17) is 4.74 Å². The molecule has 156 valence electrons. The van der Waals surface area contributed by atoms with Gasteiger partial charge in [0.05, 0.1) is 12.0 Å². The summed E-state index contributed by atoms with van der Waals surface area (Å²) in [5.41, 5.74) is 2.00. The quantitative estimate of drug-likeness (QED) is 0.621. The summed E-state index contributed by atoms with van der Waals surface area (Å²) in [5.74, 6) is 0.746. The molecule has 3 aromatic rings. The molecular weight excluding hydrogens is 420 g/mol. The van der Waals surface area contributed by atoms with Crippen LogP contribution in [0.1, 0.15) is 18.0 Å². The van der Waals surface area contributed by atoms with Crippen LogP contribution in [0.5, 0.6) is 5.75 Å². The van der Waals surface area contributed by atoms with Crippen LogP contribution in [0.2, 0.25) is 0 Å². The average Bonchev–Trinajstić information content (AvgIpc) is 3.29. The minimum atomic E-state index is -3.62. The van der Waals surface area contributed by atoms with Crippen LogP contribution in [0.25, 0.3) is 10.4 Å². The van der Waals surface area contributed by atoms with Gasteiger partial charge in [0.1, 0.15) is 5.75 Å². The number of hydrogen-bond acceptors (Lipinski definition) is 5. The van der Waals surface area contributed by atoms with Crippen molar-refractivity contribution in [2.75, 3.05) is 20.2 Å². The number of fused-ring (bicyclic) bond motifs is 4. The number of methoxy groups -OCH3 is 1. The highest BCUT2D eigenvalue weighted by molar-refractivity contribution is 7.89. The normalized spacial score (nSPS) is 21.2. The van der Waals surface area contributed by atoms with Crippen molar-refractivity contribution in [1.82, 2.24) is 8.87 Å². The summed E-state index contributed by atoms with van der Waals surface area (Å²) in [5, 5.41) is 2.02. The first-order valence-corrected chi connectivity index (χ1v) is 12.2. The molecule has 2 aliphatic heterocycles. The third-order valence-corrected chi connectivity index (χ3v) is 8.79. The van der Waals surface area contributed by atoms with Gasteiger partial charge in [-0.25, -0.2) is 8.42 Å². The van der Waals surface area contributed by atoms with Gasteiger partial charge in [-0.05, 0) is 54.1 Å². The van der Waals surface area contributed by atoms with Crippen molar-refractivity contribution in [3.8, 4) is 16.2 Å². The molecule has 0 radical (unpaired) electrons. The summed E-state index contributed by atoms with van der Waals surface area (Å²) in [7, 11) is -2.06. The molecular formula is C22H22N2O4S2. The summed E-state index contributed by atoms with van der Waals surface area (Å²) in [6.45, 7) is 1.37. The molecule has 5 rings (SSSR count). The van der Waals surface area contributed by atoms with E-state index in [-0.39, 0.29) is 22.3 Å². The van der Waals surface area contributed by atoms with Crippen LogP contribution in [0, 0.1) is 5.92 Å². The third kappa shape index (κ3) is 3.19. The summed E-state index contributed by atoms with van der Waals surface area (Å²) in [6, 6.07) is 14.1. The second-order valence-corrected chi connectivity index (χ2v) is 10.7. The molecule has 1 aromatic carbocycles. The molecule has 6 nitrogen and oxygen atoms in total. The number of aromatic nitrogens is 1. The minimum Gasteiger partial charge on any atom is -0.497 e. The first kappa shape index (κ1) is 19.5. The number of pyridine rings is 1. The van der Waals surface area contributed by atoms with Crippen LogP contribution in [0.3, 0.4) is 0 Å². The molecule has 0 saturated carbocycles. The summed E-state index contributed by atoms with van der Waals surface area (Å²) in [6.07, 6.45) is 0.899. The Kier molecular flexibility index (Phi) is 4.80. The number of nitrogens with zero attached hydrogens (tertiary/aromatic N) is 2. The standard InChI is InChI=1S/C22H22N2O4S2/c1-28-17-4-6-18(7-5-17)30(26,27)23-12-15-11-16(14-23)22-19(20-3-2-10-29-20)8-9-21(25)24(22)13-15/h2-10,15-16H,11-14H2,1H3/t15-,16+/m0/s1. The highest BCUT2D eigenvalue weighted by Gasteiger charge is 2.40. The van der Waals surface area contributed by atoms with Crippen LogP contribution in [0.4, 0.5) is 0 Å². The molecule has 0 spiro atoms. The molecule has 2 atom stereocenters. The molecule has 0 unspecified atom stereocenters. The molecule has 30 heavy (non-hydrogen) atoms. The fourth-order valence-corrected chi connectivity index (χ4v) is 7.03. The molecule has 0 N–H and O–H groups in total. The topological polar surface area (TPSA) is 68.6 Å². The van der Waals surface area contributed by atoms with Gasteiger partial charge in [0.25, 0.3) is 5.56 Å². The van der Waals surface area contributed by atoms with Gasteiger partial charge in [-0.1, -0.05) is 6.07 Å². The lowest BCUT2D eigenvalue weighted by atomic mass is 9.82. The first-order valence-electron chi connectivity index (χ1n) is 9.89. The Morgan fingerprint density at radius 3 is 2.53 bits per heavy atom. The van der Waals surface area contributed by atoms with Crippen LogP contribution in [0.15, 0.2) is 63.6 Å². The van der Waals surface area contributed by atoms with E-state index in [2.05, 4.69) is 0 Å². The van der Waals surface area contributed by atoms with E-state index < -0.39 is 10.0 Å². The van der Waals surface area contributed by atoms with Crippen molar-refractivity contribution in [2.24, 2.45) is 5.92 Å². The van der Waals surface area contributed by atoms with Gasteiger partial charge < -0.3 is 9.30 Å². The fraction of sp³-hybridized carbons (Fsp3) is 0.318. The number of thiophene rings is 1. The van der Waals surface area contributed by atoms with E-state index in [0.717, 1.165) is 22.6 Å². The van der Waals surface area contributed by atoms with Gasteiger partial charge >= 0.3 is 0 Å². The lowest BCUT2D eigenvalue weighted by molar-refractivity contribution is 0.187. The van der Waals surface area contributed by atoms with Crippen molar-refractivity contribution < 1.29 is 13.2 Å². The first-order chi connectivity index (χ1) is 14.5. The molecule has 4 heterocycles. The van der Waals surface area contributed by atoms with E-state index in [1.165, 1.54) is 0 Å². The second kappa shape index (κ2) is 7.37. The van der Waals surface area contributed by atoms with Gasteiger partial charge in [0.15, 0.2) is 0 Å². The van der Waals surface area contributed by atoms with Crippen LogP contribution >= 0.6 is 11.3 Å². The molecule has 1 fully saturated rings. The van der Waals surface area contributed by atoms with Gasteiger partial charge in [0.2, 0.25) is 10.0 Å². The summed E-state index contributed by atoms with van der Waals surface area (Å²) >= 11 is 1.63. The van der Waals surface area contributed by atoms with Crippen molar-refractivity contribution in [2.45, 2.75) is 23.8 Å². The Labute approximate surface area is 179 Å². The Morgan fingerprint density at radius 2 is 1.83 bits per heavy atom. The number of hydrogen-bond donors (Lipinski definition) is 0. The fourth-order valence-electron chi connectivity index (χ4n) is 4.70. The SMILES string of the molecule is COc1ccc(S(=O)(=O)N2C[C@@H]3C[C@H](C2)c2c(-c4cccs4)ccc(=O)n2C3)cc1. The zero-order chi connectivity index (χ0) is 20.9.